The van der Waals surface area contributed by atoms with Gasteiger partial charge in [0, 0.05) is 17.5 Å². The van der Waals surface area contributed by atoms with E-state index in [-0.39, 0.29) is 17.8 Å². The highest BCUT2D eigenvalue weighted by atomic mass is 15.3. The fourth-order valence-electron chi connectivity index (χ4n) is 7.07. The lowest BCUT2D eigenvalue weighted by atomic mass is 9.51. The van der Waals surface area contributed by atoms with Gasteiger partial charge in [-0.2, -0.15) is 10.5 Å². The van der Waals surface area contributed by atoms with Crippen molar-refractivity contribution in [2.24, 2.45) is 11.8 Å². The zero-order chi connectivity index (χ0) is 20.6. The number of benzene rings is 2. The lowest BCUT2D eigenvalue weighted by molar-refractivity contribution is 0.0360. The van der Waals surface area contributed by atoms with Crippen LogP contribution in [0.4, 0.5) is 5.69 Å². The van der Waals surface area contributed by atoms with Crippen LogP contribution in [-0.4, -0.2) is 11.1 Å². The molecule has 5 rings (SSSR count). The molecule has 3 aliphatic rings. The van der Waals surface area contributed by atoms with Crippen molar-refractivity contribution in [2.45, 2.75) is 68.4 Å². The molecular formula is C27H29N3. The molecule has 30 heavy (non-hydrogen) atoms. The number of fused-ring (bicyclic) bond motifs is 2. The summed E-state index contributed by atoms with van der Waals surface area (Å²) in [5.74, 6) is 0.776. The predicted octanol–water partition coefficient (Wildman–Crippen LogP) is 6.20. The lowest BCUT2D eigenvalue weighted by Crippen LogP contribution is -2.73. The smallest absolute Gasteiger partial charge is 0.132 e. The highest BCUT2D eigenvalue weighted by Crippen LogP contribution is 2.62. The third kappa shape index (κ3) is 2.61. The topological polar surface area (TPSA) is 50.8 Å². The van der Waals surface area contributed by atoms with Gasteiger partial charge >= 0.3 is 0 Å². The standard InChI is InChI=1S/C27H29N3/c28-19-26-17-9-7-15-23(26)25(21-11-3-1-4-12-21)24-16-8-10-18-27(24,20-29)30(26)22-13-5-2-6-14-22/h1-6,11-14,23-25H,7-10,15-18H2/t23-,24+,25?,26-,27-/m0/s1. The summed E-state index contributed by atoms with van der Waals surface area (Å²) in [6, 6.07) is 26.8. The van der Waals surface area contributed by atoms with Crippen molar-refractivity contribution in [1.29, 1.82) is 10.5 Å². The molecule has 3 nitrogen and oxygen atoms in total. The van der Waals surface area contributed by atoms with Gasteiger partial charge in [-0.15, -0.1) is 0 Å². The van der Waals surface area contributed by atoms with E-state index < -0.39 is 11.1 Å². The molecule has 1 aliphatic heterocycles. The van der Waals surface area contributed by atoms with Gasteiger partial charge in [-0.25, -0.2) is 0 Å². The largest absolute Gasteiger partial charge is 0.334 e. The number of hydrogen-bond acceptors (Lipinski definition) is 3. The van der Waals surface area contributed by atoms with Crippen molar-refractivity contribution >= 4 is 5.69 Å². The Labute approximate surface area is 179 Å². The second-order valence-corrected chi connectivity index (χ2v) is 9.38. The number of rotatable bonds is 2. The molecule has 0 radical (unpaired) electrons. The van der Waals surface area contributed by atoms with Crippen LogP contribution in [-0.2, 0) is 0 Å². The van der Waals surface area contributed by atoms with Crippen LogP contribution in [0.15, 0.2) is 60.7 Å². The average Bonchev–Trinajstić information content (AvgIpc) is 2.83. The van der Waals surface area contributed by atoms with E-state index >= 15 is 0 Å². The quantitative estimate of drug-likeness (QED) is 0.609. The molecule has 1 heterocycles. The highest BCUT2D eigenvalue weighted by Gasteiger charge is 2.65. The van der Waals surface area contributed by atoms with E-state index in [2.05, 4.69) is 59.5 Å². The van der Waals surface area contributed by atoms with Gasteiger partial charge in [0.15, 0.2) is 0 Å². The van der Waals surface area contributed by atoms with Crippen LogP contribution in [0.1, 0.15) is 62.8 Å². The van der Waals surface area contributed by atoms with E-state index in [9.17, 15) is 10.5 Å². The summed E-state index contributed by atoms with van der Waals surface area (Å²) >= 11 is 0. The van der Waals surface area contributed by atoms with Crippen molar-refractivity contribution in [3.8, 4) is 12.1 Å². The highest BCUT2D eigenvalue weighted by molar-refractivity contribution is 5.60. The van der Waals surface area contributed by atoms with E-state index in [1.807, 2.05) is 18.2 Å². The zero-order valence-electron chi connectivity index (χ0n) is 17.5. The van der Waals surface area contributed by atoms with Gasteiger partial charge < -0.3 is 4.90 Å². The van der Waals surface area contributed by atoms with E-state index in [1.165, 1.54) is 18.4 Å². The first-order valence-corrected chi connectivity index (χ1v) is 11.5. The van der Waals surface area contributed by atoms with Gasteiger partial charge in [-0.05, 0) is 49.3 Å². The minimum atomic E-state index is -0.621. The normalized spacial score (nSPS) is 35.4. The third-order valence-electron chi connectivity index (χ3n) is 8.12. The molecule has 3 heteroatoms. The number of anilines is 1. The molecule has 2 saturated carbocycles. The summed E-state index contributed by atoms with van der Waals surface area (Å²) in [5.41, 5.74) is 1.13. The van der Waals surface area contributed by atoms with E-state index in [4.69, 9.17) is 0 Å². The molecule has 2 aromatic rings. The average molecular weight is 396 g/mol. The fourth-order valence-corrected chi connectivity index (χ4v) is 7.07. The van der Waals surface area contributed by atoms with Crippen LogP contribution in [0.3, 0.4) is 0 Å². The zero-order valence-corrected chi connectivity index (χ0v) is 17.5. The van der Waals surface area contributed by atoms with Gasteiger partial charge in [0.25, 0.3) is 0 Å². The van der Waals surface area contributed by atoms with E-state index in [0.717, 1.165) is 44.2 Å². The number of nitriles is 2. The Hall–Kier alpha value is -2.78. The molecule has 3 fully saturated rings. The Morgan fingerprint density at radius 1 is 0.700 bits per heavy atom. The Morgan fingerprint density at radius 3 is 1.70 bits per heavy atom. The van der Waals surface area contributed by atoms with Gasteiger partial charge in [0.1, 0.15) is 11.1 Å². The Bertz CT molecular complexity index is 931. The van der Waals surface area contributed by atoms with Crippen LogP contribution < -0.4 is 4.90 Å². The van der Waals surface area contributed by atoms with Crippen molar-refractivity contribution < 1.29 is 0 Å². The maximum Gasteiger partial charge on any atom is 0.132 e. The van der Waals surface area contributed by atoms with Crippen LogP contribution in [0.2, 0.25) is 0 Å². The van der Waals surface area contributed by atoms with Gasteiger partial charge in [0.05, 0.1) is 12.1 Å². The van der Waals surface area contributed by atoms with Crippen LogP contribution in [0.5, 0.6) is 0 Å². The summed E-state index contributed by atoms with van der Waals surface area (Å²) < 4.78 is 0. The van der Waals surface area contributed by atoms with Crippen molar-refractivity contribution in [1.82, 2.24) is 0 Å². The van der Waals surface area contributed by atoms with Crippen LogP contribution >= 0.6 is 0 Å². The Morgan fingerprint density at radius 2 is 1.20 bits per heavy atom. The number of para-hydroxylation sites is 1. The molecule has 1 unspecified atom stereocenters. The lowest BCUT2D eigenvalue weighted by Gasteiger charge is -2.65. The van der Waals surface area contributed by atoms with Gasteiger partial charge in [-0.1, -0.05) is 74.2 Å². The number of nitrogens with zero attached hydrogens (tertiary/aromatic N) is 3. The minimum absolute atomic E-state index is 0.253. The first-order chi connectivity index (χ1) is 14.8. The van der Waals surface area contributed by atoms with Crippen LogP contribution in [0, 0.1) is 34.5 Å². The van der Waals surface area contributed by atoms with Crippen LogP contribution in [0.25, 0.3) is 0 Å². The maximum absolute atomic E-state index is 10.8. The fraction of sp³-hybridized carbons (Fsp3) is 0.481. The van der Waals surface area contributed by atoms with Gasteiger partial charge in [0.2, 0.25) is 0 Å². The molecule has 0 aromatic heterocycles. The molecule has 152 valence electrons. The molecule has 5 atom stereocenters. The van der Waals surface area contributed by atoms with Crippen molar-refractivity contribution in [2.75, 3.05) is 4.90 Å². The monoisotopic (exact) mass is 395 g/mol. The first kappa shape index (κ1) is 19.2. The molecule has 2 aromatic carbocycles. The molecular weight excluding hydrogens is 366 g/mol. The van der Waals surface area contributed by atoms with Crippen molar-refractivity contribution in [3.63, 3.8) is 0 Å². The SMILES string of the molecule is N#C[C@@]12CCCC[C@@H]1C(c1ccccc1)[C@@H]1CCCC[C@@]1(C#N)N2c1ccccc1. The predicted molar refractivity (Wildman–Crippen MR) is 119 cm³/mol. The molecule has 0 bridgehead atoms. The van der Waals surface area contributed by atoms with E-state index in [1.54, 1.807) is 0 Å². The molecule has 0 N–H and O–H groups in total. The first-order valence-electron chi connectivity index (χ1n) is 11.5. The number of piperidine rings is 1. The minimum Gasteiger partial charge on any atom is -0.334 e. The Balaban J connectivity index is 1.78. The van der Waals surface area contributed by atoms with E-state index in [0.29, 0.717) is 0 Å². The molecule has 0 amide bonds. The summed E-state index contributed by atoms with van der Waals surface area (Å²) in [5, 5.41) is 21.5. The summed E-state index contributed by atoms with van der Waals surface area (Å²) in [6.07, 6.45) is 8.29. The summed E-state index contributed by atoms with van der Waals surface area (Å²) in [7, 11) is 0. The Kier molecular flexibility index (Phi) is 4.79. The summed E-state index contributed by atoms with van der Waals surface area (Å²) in [4.78, 5) is 2.33. The van der Waals surface area contributed by atoms with Crippen molar-refractivity contribution in [3.05, 3.63) is 66.2 Å². The van der Waals surface area contributed by atoms with Gasteiger partial charge in [-0.3, -0.25) is 0 Å². The molecule has 2 aliphatic carbocycles. The second kappa shape index (κ2) is 7.48. The third-order valence-corrected chi connectivity index (χ3v) is 8.12. The second-order valence-electron chi connectivity index (χ2n) is 9.38. The maximum atomic E-state index is 10.8. The summed E-state index contributed by atoms with van der Waals surface area (Å²) in [6.45, 7) is 0. The molecule has 0 spiro atoms. The number of hydrogen-bond donors (Lipinski definition) is 0. The molecule has 1 saturated heterocycles.